The molecule has 0 aliphatic rings. The Balaban J connectivity index is 6.22. The minimum atomic E-state index is -6.29. The van der Waals surface area contributed by atoms with Gasteiger partial charge in [0.1, 0.15) is 0 Å². The second-order valence-electron chi connectivity index (χ2n) is 3.75. The Hall–Kier alpha value is -0.750. The van der Waals surface area contributed by atoms with Crippen LogP contribution < -0.4 is 0 Å². The minimum absolute atomic E-state index is 0.000208. The maximum Gasteiger partial charge on any atom is 0.454 e. The third-order valence-electron chi connectivity index (χ3n) is 2.62. The molecule has 21 heavy (non-hydrogen) atoms. The first-order valence-electron chi connectivity index (χ1n) is 5.01. The van der Waals surface area contributed by atoms with E-state index in [0.29, 0.717) is 7.11 Å². The Kier molecular flexibility index (Phi) is 5.94. The maximum atomic E-state index is 14.2. The standard InChI is InChI=1S/C9H11F9O3/c1-19-5(10)4(7(12,13)14)6(11,20-2)8(15,21-3)9(16,17)18/h4-5H,1-3H3. The number of halogens is 9. The van der Waals surface area contributed by atoms with Crippen molar-refractivity contribution in [3.05, 3.63) is 0 Å². The number of hydrogen-bond acceptors (Lipinski definition) is 3. The van der Waals surface area contributed by atoms with Gasteiger partial charge in [-0.05, 0) is 0 Å². The van der Waals surface area contributed by atoms with Crippen molar-refractivity contribution in [2.24, 2.45) is 5.92 Å². The predicted molar refractivity (Wildman–Crippen MR) is 49.2 cm³/mol. The molecular formula is C9H11F9O3. The first kappa shape index (κ1) is 20.2. The van der Waals surface area contributed by atoms with Crippen LogP contribution in [0.25, 0.3) is 0 Å². The fourth-order valence-electron chi connectivity index (χ4n) is 1.57. The van der Waals surface area contributed by atoms with Crippen molar-refractivity contribution in [1.29, 1.82) is 0 Å². The van der Waals surface area contributed by atoms with Crippen LogP contribution in [-0.4, -0.2) is 51.7 Å². The number of alkyl halides is 9. The van der Waals surface area contributed by atoms with E-state index >= 15 is 0 Å². The van der Waals surface area contributed by atoms with Gasteiger partial charge < -0.3 is 14.2 Å². The van der Waals surface area contributed by atoms with Gasteiger partial charge >= 0.3 is 18.2 Å². The summed E-state index contributed by atoms with van der Waals surface area (Å²) in [6, 6.07) is 0. The van der Waals surface area contributed by atoms with E-state index in [2.05, 4.69) is 14.2 Å². The zero-order valence-electron chi connectivity index (χ0n) is 10.8. The lowest BCUT2D eigenvalue weighted by Crippen LogP contribution is -2.67. The second-order valence-corrected chi connectivity index (χ2v) is 3.75. The largest absolute Gasteiger partial charge is 0.454 e. The quantitative estimate of drug-likeness (QED) is 0.696. The van der Waals surface area contributed by atoms with E-state index < -0.39 is 36.3 Å². The molecule has 0 aliphatic carbocycles. The van der Waals surface area contributed by atoms with Crippen LogP contribution in [-0.2, 0) is 14.2 Å². The first-order valence-corrected chi connectivity index (χ1v) is 5.01. The van der Waals surface area contributed by atoms with Crippen molar-refractivity contribution < 1.29 is 53.7 Å². The van der Waals surface area contributed by atoms with Crippen LogP contribution in [0.2, 0.25) is 0 Å². The molecule has 0 aromatic rings. The molecule has 128 valence electrons. The van der Waals surface area contributed by atoms with Crippen molar-refractivity contribution in [3.8, 4) is 0 Å². The Bertz CT molecular complexity index is 344. The molecule has 0 radical (unpaired) electrons. The molecule has 0 saturated heterocycles. The lowest BCUT2D eigenvalue weighted by molar-refractivity contribution is -0.451. The Morgan fingerprint density at radius 1 is 0.762 bits per heavy atom. The predicted octanol–water partition coefficient (Wildman–Crippen LogP) is 3.29. The molecule has 0 aliphatic heterocycles. The third-order valence-corrected chi connectivity index (χ3v) is 2.62. The fourth-order valence-corrected chi connectivity index (χ4v) is 1.57. The van der Waals surface area contributed by atoms with Crippen LogP contribution in [0, 0.1) is 5.92 Å². The van der Waals surface area contributed by atoms with Crippen LogP contribution in [0.1, 0.15) is 0 Å². The summed E-state index contributed by atoms with van der Waals surface area (Å²) in [6.45, 7) is 0. The van der Waals surface area contributed by atoms with Crippen molar-refractivity contribution in [1.82, 2.24) is 0 Å². The SMILES string of the molecule is COC(F)C(C(F)(F)F)C(F)(OC)C(F)(OC)C(F)(F)F. The molecular weight excluding hydrogens is 327 g/mol. The minimum Gasteiger partial charge on any atom is -0.351 e. The van der Waals surface area contributed by atoms with E-state index in [1.807, 2.05) is 0 Å². The topological polar surface area (TPSA) is 27.7 Å². The number of hydrogen-bond donors (Lipinski definition) is 0. The zero-order chi connectivity index (χ0) is 17.3. The molecule has 0 fully saturated rings. The summed E-state index contributed by atoms with van der Waals surface area (Å²) < 4.78 is 127. The molecule has 0 N–H and O–H groups in total. The van der Waals surface area contributed by atoms with Gasteiger partial charge in [0.2, 0.25) is 6.36 Å². The summed E-state index contributed by atoms with van der Waals surface area (Å²) in [5, 5.41) is 0. The summed E-state index contributed by atoms with van der Waals surface area (Å²) in [5.41, 5.74) is 0. The van der Waals surface area contributed by atoms with E-state index in [9.17, 15) is 39.5 Å². The molecule has 3 nitrogen and oxygen atoms in total. The molecule has 4 unspecified atom stereocenters. The lowest BCUT2D eigenvalue weighted by Gasteiger charge is -2.42. The molecule has 0 amide bonds. The number of methoxy groups -OCH3 is 3. The van der Waals surface area contributed by atoms with Gasteiger partial charge in [-0.2, -0.15) is 30.7 Å². The normalized spacial score (nSPS) is 22.3. The highest BCUT2D eigenvalue weighted by Crippen LogP contribution is 2.53. The highest BCUT2D eigenvalue weighted by molar-refractivity contribution is 5.00. The average molecular weight is 338 g/mol. The van der Waals surface area contributed by atoms with Gasteiger partial charge in [-0.15, -0.1) is 0 Å². The van der Waals surface area contributed by atoms with Gasteiger partial charge in [0.15, 0.2) is 5.92 Å². The molecule has 0 heterocycles. The van der Waals surface area contributed by atoms with Gasteiger partial charge in [0.05, 0.1) is 0 Å². The maximum absolute atomic E-state index is 14.2. The molecule has 0 bridgehead atoms. The fraction of sp³-hybridized carbons (Fsp3) is 1.00. The van der Waals surface area contributed by atoms with Crippen molar-refractivity contribution in [2.45, 2.75) is 30.4 Å². The molecule has 12 heteroatoms. The van der Waals surface area contributed by atoms with E-state index in [1.54, 1.807) is 0 Å². The van der Waals surface area contributed by atoms with Crippen LogP contribution in [0.3, 0.4) is 0 Å². The van der Waals surface area contributed by atoms with Crippen molar-refractivity contribution in [3.63, 3.8) is 0 Å². The molecule has 4 atom stereocenters. The van der Waals surface area contributed by atoms with Crippen molar-refractivity contribution >= 4 is 0 Å². The molecule has 0 spiro atoms. The molecule has 0 rings (SSSR count). The van der Waals surface area contributed by atoms with Crippen LogP contribution in [0.15, 0.2) is 0 Å². The number of ether oxygens (including phenoxy) is 3. The van der Waals surface area contributed by atoms with Crippen LogP contribution in [0.5, 0.6) is 0 Å². The zero-order valence-corrected chi connectivity index (χ0v) is 10.8. The highest BCUT2D eigenvalue weighted by Gasteiger charge is 2.79. The van der Waals surface area contributed by atoms with Crippen LogP contribution >= 0.6 is 0 Å². The average Bonchev–Trinajstić information content (AvgIpc) is 2.33. The Morgan fingerprint density at radius 2 is 1.19 bits per heavy atom. The summed E-state index contributed by atoms with van der Waals surface area (Å²) in [4.78, 5) is 0. The van der Waals surface area contributed by atoms with Gasteiger partial charge in [-0.3, -0.25) is 0 Å². The smallest absolute Gasteiger partial charge is 0.351 e. The molecule has 0 aromatic heterocycles. The monoisotopic (exact) mass is 338 g/mol. The second kappa shape index (κ2) is 6.16. The van der Waals surface area contributed by atoms with E-state index in [1.165, 1.54) is 0 Å². The van der Waals surface area contributed by atoms with Gasteiger partial charge in [0, 0.05) is 21.3 Å². The third kappa shape index (κ3) is 3.37. The highest BCUT2D eigenvalue weighted by atomic mass is 19.4. The van der Waals surface area contributed by atoms with E-state index in [-0.39, 0.29) is 14.2 Å². The summed E-state index contributed by atoms with van der Waals surface area (Å²) in [6.07, 6.45) is -15.9. The van der Waals surface area contributed by atoms with E-state index in [4.69, 9.17) is 0 Å². The molecule has 0 saturated carbocycles. The summed E-state index contributed by atoms with van der Waals surface area (Å²) >= 11 is 0. The summed E-state index contributed by atoms with van der Waals surface area (Å²) in [5.74, 6) is -15.1. The summed E-state index contributed by atoms with van der Waals surface area (Å²) in [7, 11) is 0.272. The Morgan fingerprint density at radius 3 is 1.38 bits per heavy atom. The first-order chi connectivity index (χ1) is 9.22. The van der Waals surface area contributed by atoms with Crippen molar-refractivity contribution in [2.75, 3.05) is 21.3 Å². The van der Waals surface area contributed by atoms with Gasteiger partial charge in [-0.25, -0.2) is 8.78 Å². The number of rotatable bonds is 6. The van der Waals surface area contributed by atoms with E-state index in [0.717, 1.165) is 0 Å². The Labute approximate surface area is 112 Å². The lowest BCUT2D eigenvalue weighted by atomic mass is 9.91. The van der Waals surface area contributed by atoms with Gasteiger partial charge in [0.25, 0.3) is 5.85 Å². The van der Waals surface area contributed by atoms with Crippen LogP contribution in [0.4, 0.5) is 39.5 Å². The van der Waals surface area contributed by atoms with Gasteiger partial charge in [-0.1, -0.05) is 0 Å². The molecule has 0 aromatic carbocycles.